The van der Waals surface area contributed by atoms with Crippen molar-refractivity contribution in [2.24, 2.45) is 0 Å². The summed E-state index contributed by atoms with van der Waals surface area (Å²) in [6.07, 6.45) is 0.794. The molecule has 0 saturated heterocycles. The average Bonchev–Trinajstić information content (AvgIpc) is 2.69. The SMILES string of the molecule is CC(C(=O)NC(C)(C)C)N(Cc1cccc(Cl)c1)C(=O)CCCOc1ccc(Cl)cc1. The summed E-state index contributed by atoms with van der Waals surface area (Å²) in [5.74, 6) is 0.391. The highest BCUT2D eigenvalue weighted by Crippen LogP contribution is 2.18. The lowest BCUT2D eigenvalue weighted by Gasteiger charge is -2.31. The number of nitrogens with zero attached hydrogens (tertiary/aromatic N) is 1. The molecule has 1 N–H and O–H groups in total. The number of carbonyl (C=O) groups excluding carboxylic acids is 2. The molecule has 0 aliphatic rings. The molecule has 1 unspecified atom stereocenters. The Morgan fingerprint density at radius 1 is 1.06 bits per heavy atom. The van der Waals surface area contributed by atoms with Crippen LogP contribution >= 0.6 is 23.2 Å². The molecular formula is C24H30Cl2N2O3. The molecule has 5 nitrogen and oxygen atoms in total. The zero-order chi connectivity index (χ0) is 23.0. The van der Waals surface area contributed by atoms with Crippen LogP contribution in [0.15, 0.2) is 48.5 Å². The Kier molecular flexibility index (Phi) is 9.20. The maximum atomic E-state index is 13.0. The van der Waals surface area contributed by atoms with E-state index in [4.69, 9.17) is 27.9 Å². The molecule has 2 amide bonds. The zero-order valence-corrected chi connectivity index (χ0v) is 20.0. The molecule has 2 aromatic carbocycles. The van der Waals surface area contributed by atoms with Crippen LogP contribution in [0.25, 0.3) is 0 Å². The van der Waals surface area contributed by atoms with Crippen molar-refractivity contribution >= 4 is 35.0 Å². The van der Waals surface area contributed by atoms with E-state index in [0.29, 0.717) is 35.4 Å². The van der Waals surface area contributed by atoms with Gasteiger partial charge < -0.3 is 15.0 Å². The summed E-state index contributed by atoms with van der Waals surface area (Å²) < 4.78 is 5.67. The van der Waals surface area contributed by atoms with Crippen molar-refractivity contribution in [1.29, 1.82) is 0 Å². The number of rotatable bonds is 9. The van der Waals surface area contributed by atoms with Crippen molar-refractivity contribution in [3.8, 4) is 5.75 Å². The van der Waals surface area contributed by atoms with Gasteiger partial charge in [0, 0.05) is 28.5 Å². The van der Waals surface area contributed by atoms with Crippen molar-refractivity contribution in [2.45, 2.75) is 58.7 Å². The number of amides is 2. The molecule has 0 aromatic heterocycles. The Morgan fingerprint density at radius 2 is 1.74 bits per heavy atom. The van der Waals surface area contributed by atoms with Crippen molar-refractivity contribution in [2.75, 3.05) is 6.61 Å². The van der Waals surface area contributed by atoms with Gasteiger partial charge in [0.15, 0.2) is 0 Å². The van der Waals surface area contributed by atoms with Gasteiger partial charge in [-0.15, -0.1) is 0 Å². The van der Waals surface area contributed by atoms with Gasteiger partial charge in [0.25, 0.3) is 0 Å². The molecule has 0 radical (unpaired) electrons. The first-order valence-electron chi connectivity index (χ1n) is 10.3. The Hall–Kier alpha value is -2.24. The van der Waals surface area contributed by atoms with Crippen molar-refractivity contribution in [1.82, 2.24) is 10.2 Å². The summed E-state index contributed by atoms with van der Waals surface area (Å²) >= 11 is 12.0. The first-order valence-corrected chi connectivity index (χ1v) is 11.0. The number of halogens is 2. The van der Waals surface area contributed by atoms with Gasteiger partial charge in [-0.3, -0.25) is 9.59 Å². The molecule has 168 valence electrons. The summed E-state index contributed by atoms with van der Waals surface area (Å²) in [7, 11) is 0. The van der Waals surface area contributed by atoms with E-state index in [-0.39, 0.29) is 23.8 Å². The van der Waals surface area contributed by atoms with E-state index in [1.807, 2.05) is 32.9 Å². The van der Waals surface area contributed by atoms with Crippen LogP contribution in [0.4, 0.5) is 0 Å². The van der Waals surface area contributed by atoms with Crippen LogP contribution in [-0.2, 0) is 16.1 Å². The quantitative estimate of drug-likeness (QED) is 0.499. The molecular weight excluding hydrogens is 435 g/mol. The van der Waals surface area contributed by atoms with Crippen molar-refractivity contribution in [3.05, 3.63) is 64.1 Å². The third-order valence-corrected chi connectivity index (χ3v) is 5.01. The van der Waals surface area contributed by atoms with Gasteiger partial charge in [0.1, 0.15) is 11.8 Å². The molecule has 2 rings (SSSR count). The lowest BCUT2D eigenvalue weighted by atomic mass is 10.1. The highest BCUT2D eigenvalue weighted by Gasteiger charge is 2.28. The molecule has 0 heterocycles. The van der Waals surface area contributed by atoms with Gasteiger partial charge in [-0.1, -0.05) is 35.3 Å². The standard InChI is InChI=1S/C24H30Cl2N2O3/c1-17(23(30)27-24(2,3)4)28(16-18-7-5-8-20(26)15-18)22(29)9-6-14-31-21-12-10-19(25)11-13-21/h5,7-8,10-13,15,17H,6,9,14,16H2,1-4H3,(H,27,30). The van der Waals surface area contributed by atoms with Crippen molar-refractivity contribution in [3.63, 3.8) is 0 Å². The number of hydrogen-bond acceptors (Lipinski definition) is 3. The molecule has 0 fully saturated rings. The van der Waals surface area contributed by atoms with E-state index >= 15 is 0 Å². The van der Waals surface area contributed by atoms with Crippen LogP contribution in [0.1, 0.15) is 46.1 Å². The van der Waals surface area contributed by atoms with Crippen molar-refractivity contribution < 1.29 is 14.3 Å². The first kappa shape index (κ1) is 25.0. The second-order valence-corrected chi connectivity index (χ2v) is 9.35. The average molecular weight is 465 g/mol. The fourth-order valence-corrected chi connectivity index (χ4v) is 3.32. The Balaban J connectivity index is 2.02. The topological polar surface area (TPSA) is 58.6 Å². The predicted molar refractivity (Wildman–Crippen MR) is 126 cm³/mol. The van der Waals surface area contributed by atoms with Gasteiger partial charge >= 0.3 is 0 Å². The normalized spacial score (nSPS) is 12.2. The van der Waals surface area contributed by atoms with E-state index < -0.39 is 6.04 Å². The summed E-state index contributed by atoms with van der Waals surface area (Å²) in [5.41, 5.74) is 0.483. The maximum Gasteiger partial charge on any atom is 0.242 e. The van der Waals surface area contributed by atoms with E-state index in [2.05, 4.69) is 5.32 Å². The smallest absolute Gasteiger partial charge is 0.242 e. The largest absolute Gasteiger partial charge is 0.494 e. The van der Waals surface area contributed by atoms with Crippen LogP contribution in [0.2, 0.25) is 10.0 Å². The summed E-state index contributed by atoms with van der Waals surface area (Å²) in [5, 5.41) is 4.18. The third kappa shape index (κ3) is 8.80. The summed E-state index contributed by atoms with van der Waals surface area (Å²) in [6, 6.07) is 13.8. The molecule has 0 aliphatic heterocycles. The Bertz CT molecular complexity index is 879. The van der Waals surface area contributed by atoms with E-state index in [0.717, 1.165) is 5.56 Å². The fraction of sp³-hybridized carbons (Fsp3) is 0.417. The minimum absolute atomic E-state index is 0.115. The lowest BCUT2D eigenvalue weighted by molar-refractivity contribution is -0.141. The van der Waals surface area contributed by atoms with E-state index in [1.54, 1.807) is 48.2 Å². The molecule has 0 bridgehead atoms. The number of benzene rings is 2. The number of ether oxygens (including phenoxy) is 1. The first-order chi connectivity index (χ1) is 14.5. The van der Waals surface area contributed by atoms with Gasteiger partial charge in [0.05, 0.1) is 6.61 Å². The third-order valence-electron chi connectivity index (χ3n) is 4.52. The second-order valence-electron chi connectivity index (χ2n) is 8.47. The van der Waals surface area contributed by atoms with Crippen LogP contribution in [-0.4, -0.2) is 34.9 Å². The van der Waals surface area contributed by atoms with Gasteiger partial charge in [0.2, 0.25) is 11.8 Å². The van der Waals surface area contributed by atoms with Crippen LogP contribution in [0, 0.1) is 0 Å². The predicted octanol–water partition coefficient (Wildman–Crippen LogP) is 5.48. The van der Waals surface area contributed by atoms with Gasteiger partial charge in [-0.2, -0.15) is 0 Å². The minimum atomic E-state index is -0.622. The highest BCUT2D eigenvalue weighted by atomic mass is 35.5. The molecule has 0 saturated carbocycles. The van der Waals surface area contributed by atoms with Crippen LogP contribution < -0.4 is 10.1 Å². The monoisotopic (exact) mass is 464 g/mol. The molecule has 0 aliphatic carbocycles. The van der Waals surface area contributed by atoms with E-state index in [1.165, 1.54) is 0 Å². The zero-order valence-electron chi connectivity index (χ0n) is 18.5. The molecule has 7 heteroatoms. The Labute approximate surface area is 194 Å². The second kappa shape index (κ2) is 11.4. The van der Waals surface area contributed by atoms with Gasteiger partial charge in [-0.25, -0.2) is 0 Å². The molecule has 1 atom stereocenters. The molecule has 0 spiro atoms. The van der Waals surface area contributed by atoms with E-state index in [9.17, 15) is 9.59 Å². The summed E-state index contributed by atoms with van der Waals surface area (Å²) in [4.78, 5) is 27.4. The number of hydrogen-bond donors (Lipinski definition) is 1. The number of carbonyl (C=O) groups is 2. The van der Waals surface area contributed by atoms with Crippen LogP contribution in [0.3, 0.4) is 0 Å². The van der Waals surface area contributed by atoms with Crippen LogP contribution in [0.5, 0.6) is 5.75 Å². The summed E-state index contributed by atoms with van der Waals surface area (Å²) in [6.45, 7) is 8.17. The van der Waals surface area contributed by atoms with Gasteiger partial charge in [-0.05, 0) is 76.1 Å². The Morgan fingerprint density at radius 3 is 2.35 bits per heavy atom. The fourth-order valence-electron chi connectivity index (χ4n) is 2.98. The molecule has 31 heavy (non-hydrogen) atoms. The highest BCUT2D eigenvalue weighted by molar-refractivity contribution is 6.30. The minimum Gasteiger partial charge on any atom is -0.494 e. The maximum absolute atomic E-state index is 13.0. The molecule has 2 aromatic rings. The lowest BCUT2D eigenvalue weighted by Crippen LogP contribution is -2.52. The number of nitrogens with one attached hydrogen (secondary N) is 1.